The molecule has 2 atom stereocenters. The molecule has 8 rings (SSSR count). The monoisotopic (exact) mass is 816 g/mol. The third-order valence-corrected chi connectivity index (χ3v) is 8.48. The third-order valence-electron chi connectivity index (χ3n) is 6.17. The molecule has 2 heterocycles. The summed E-state index contributed by atoms with van der Waals surface area (Å²) in [5, 5.41) is 0. The second-order valence-electron chi connectivity index (χ2n) is 8.22. The van der Waals surface area contributed by atoms with Crippen molar-refractivity contribution in [2.24, 2.45) is 0 Å². The van der Waals surface area contributed by atoms with Crippen molar-refractivity contribution in [3.05, 3.63) is 139 Å². The van der Waals surface area contributed by atoms with E-state index in [9.17, 15) is 0 Å². The van der Waals surface area contributed by atoms with Crippen LogP contribution < -0.4 is 34.0 Å². The van der Waals surface area contributed by atoms with Gasteiger partial charge >= 0.3 is 26.2 Å². The minimum atomic E-state index is 0. The fourth-order valence-electron chi connectivity index (χ4n) is 4.66. The molecule has 176 valence electrons. The molecule has 36 heavy (non-hydrogen) atoms. The molecule has 0 nitrogen and oxygen atoms in total. The summed E-state index contributed by atoms with van der Waals surface area (Å²) < 4.78 is 2.37. The molecule has 4 aromatic rings. The molecule has 2 aliphatic heterocycles. The van der Waals surface area contributed by atoms with Gasteiger partial charge < -0.3 is 34.0 Å². The number of allylic oxidation sites excluding steroid dienone is 2. The van der Waals surface area contributed by atoms with Gasteiger partial charge in [0.25, 0.3) is 0 Å². The van der Waals surface area contributed by atoms with E-state index < -0.39 is 0 Å². The van der Waals surface area contributed by atoms with Crippen LogP contribution in [0.2, 0.25) is 0 Å². The van der Waals surface area contributed by atoms with Gasteiger partial charge in [0, 0.05) is 13.8 Å². The van der Waals surface area contributed by atoms with Gasteiger partial charge in [0.05, 0.1) is 0 Å². The summed E-state index contributed by atoms with van der Waals surface area (Å²) in [6, 6.07) is 30.0. The van der Waals surface area contributed by atoms with Crippen molar-refractivity contribution in [3.8, 4) is 0 Å². The van der Waals surface area contributed by atoms with Crippen LogP contribution in [0.1, 0.15) is 45.2 Å². The Labute approximate surface area is 274 Å². The smallest absolute Gasteiger partial charge is 1.00 e. The fraction of sp³-hybridized carbons (Fsp3) is 0.0667. The molecule has 4 aromatic carbocycles. The minimum absolute atomic E-state index is 0. The molecule has 0 aromatic heterocycles. The first-order valence-corrected chi connectivity index (χ1v) is 13.2. The molecular formula is C30H18Br4SZr. The summed E-state index contributed by atoms with van der Waals surface area (Å²) in [5.74, 6) is 0.554. The number of rotatable bonds is 1. The van der Waals surface area contributed by atoms with Gasteiger partial charge in [-0.1, -0.05) is 121 Å². The number of fused-ring (bicyclic) bond motifs is 2. The quantitative estimate of drug-likeness (QED) is 0.266. The molecule has 6 bridgehead atoms. The molecule has 0 spiro atoms. The maximum Gasteiger partial charge on any atom is 4.00 e. The summed E-state index contributed by atoms with van der Waals surface area (Å²) in [5.41, 5.74) is 7.88. The Morgan fingerprint density at radius 1 is 0.583 bits per heavy atom. The van der Waals surface area contributed by atoms with Crippen LogP contribution in [-0.4, -0.2) is 0 Å². The molecular weight excluding hydrogens is 803 g/mol. The topological polar surface area (TPSA) is 0 Å². The number of benzene rings is 4. The second kappa shape index (κ2) is 13.0. The molecule has 2 unspecified atom stereocenters. The number of hydrogen-bond donors (Lipinski definition) is 0. The summed E-state index contributed by atoms with van der Waals surface area (Å²) in [4.78, 5) is 2.59. The Kier molecular flexibility index (Phi) is 10.9. The Hall–Kier alpha value is -0.487. The predicted octanol–water partition coefficient (Wildman–Crippen LogP) is 3.29. The van der Waals surface area contributed by atoms with Crippen molar-refractivity contribution in [1.29, 1.82) is 0 Å². The molecule has 4 aliphatic rings. The number of halogens is 4. The van der Waals surface area contributed by atoms with E-state index in [1.54, 1.807) is 0 Å². The van der Waals surface area contributed by atoms with Gasteiger partial charge in [0.15, 0.2) is 0 Å². The van der Waals surface area contributed by atoms with Crippen molar-refractivity contribution >= 4 is 55.8 Å². The van der Waals surface area contributed by atoms with Crippen molar-refractivity contribution in [3.63, 3.8) is 0 Å². The molecule has 2 aliphatic carbocycles. The van der Waals surface area contributed by atoms with E-state index in [2.05, 4.69) is 135 Å². The van der Waals surface area contributed by atoms with Gasteiger partial charge in [-0.2, -0.15) is 11.1 Å². The van der Waals surface area contributed by atoms with E-state index in [0.717, 1.165) is 0 Å². The maximum absolute atomic E-state index is 3.70. The van der Waals surface area contributed by atoms with E-state index in [4.69, 9.17) is 0 Å². The summed E-state index contributed by atoms with van der Waals surface area (Å²) >= 11 is 9.15. The Bertz CT molecular complexity index is 1430. The molecule has 6 heteroatoms. The van der Waals surface area contributed by atoms with Crippen LogP contribution in [0, 0.1) is 12.2 Å². The second-order valence-corrected chi connectivity index (χ2v) is 11.1. The van der Waals surface area contributed by atoms with Crippen LogP contribution in [0.3, 0.4) is 0 Å². The number of hydrogen-bond acceptors (Lipinski definition) is 1. The zero-order chi connectivity index (χ0) is 22.4. The molecule has 0 saturated heterocycles. The first-order valence-electron chi connectivity index (χ1n) is 10.8. The van der Waals surface area contributed by atoms with Crippen LogP contribution in [0.25, 0.3) is 12.2 Å². The Balaban J connectivity index is 0.000000185. The largest absolute Gasteiger partial charge is 4.00 e. The van der Waals surface area contributed by atoms with Crippen LogP contribution in [0.5, 0.6) is 0 Å². The average molecular weight is 821 g/mol. The fourth-order valence-corrected chi connectivity index (χ4v) is 7.10. The Morgan fingerprint density at radius 3 is 2.00 bits per heavy atom. The SMILES string of the molecule is Brc1cc2cc3c1C([C-]=C3)c1cccc(c1)S2.Brc1cccc2c1C(c1ccccc1)[C-]=C2.[Br-].[Br-].[Zr+4]. The van der Waals surface area contributed by atoms with Gasteiger partial charge in [-0.15, -0.1) is 23.3 Å². The maximum atomic E-state index is 3.70. The van der Waals surface area contributed by atoms with Crippen LogP contribution in [0.4, 0.5) is 0 Å². The van der Waals surface area contributed by atoms with Gasteiger partial charge in [-0.3, -0.25) is 12.2 Å². The molecule has 0 radical (unpaired) electrons. The van der Waals surface area contributed by atoms with E-state index in [-0.39, 0.29) is 72.0 Å². The predicted molar refractivity (Wildman–Crippen MR) is 144 cm³/mol. The van der Waals surface area contributed by atoms with Crippen LogP contribution in [-0.2, 0) is 26.2 Å². The summed E-state index contributed by atoms with van der Waals surface area (Å²) in [7, 11) is 0. The zero-order valence-electron chi connectivity index (χ0n) is 18.8. The normalized spacial score (nSPS) is 16.7. The van der Waals surface area contributed by atoms with E-state index >= 15 is 0 Å². The molecule has 0 fully saturated rings. The standard InChI is InChI=1S/C15H8BrS.C15H10Br.2BrH.Zr/c16-14-8-12-7-10-4-5-13(15(10)14)9-2-1-3-11(6-9)17-12;16-14-8-4-7-12-9-10-13(15(12)14)11-5-2-1-3-6-11;;;/h1-4,6-8,13H;1-9,13H;2*1H;/q2*-1;;;+4/p-2. The zero-order valence-corrected chi connectivity index (χ0v) is 28.4. The average Bonchev–Trinajstić information content (AvgIpc) is 3.47. The first-order chi connectivity index (χ1) is 16.2. The van der Waals surface area contributed by atoms with Crippen molar-refractivity contribution in [2.75, 3.05) is 0 Å². The molecule has 0 amide bonds. The van der Waals surface area contributed by atoms with E-state index in [1.807, 2.05) is 17.8 Å². The summed E-state index contributed by atoms with van der Waals surface area (Å²) in [6.45, 7) is 0. The van der Waals surface area contributed by atoms with E-state index in [0.29, 0.717) is 0 Å². The summed E-state index contributed by atoms with van der Waals surface area (Å²) in [6.07, 6.45) is 11.1. The Morgan fingerprint density at radius 2 is 1.22 bits per heavy atom. The van der Waals surface area contributed by atoms with Gasteiger partial charge in [-0.05, 0) is 23.1 Å². The van der Waals surface area contributed by atoms with E-state index in [1.165, 1.54) is 52.1 Å². The molecule has 0 saturated carbocycles. The van der Waals surface area contributed by atoms with Crippen molar-refractivity contribution < 1.29 is 60.2 Å². The van der Waals surface area contributed by atoms with Crippen molar-refractivity contribution in [1.82, 2.24) is 0 Å². The third kappa shape index (κ3) is 5.90. The minimum Gasteiger partial charge on any atom is -1.00 e. The van der Waals surface area contributed by atoms with Gasteiger partial charge in [-0.25, -0.2) is 12.2 Å². The van der Waals surface area contributed by atoms with Gasteiger partial charge in [0.2, 0.25) is 0 Å². The first kappa shape index (κ1) is 30.1. The molecule has 0 N–H and O–H groups in total. The van der Waals surface area contributed by atoms with Crippen LogP contribution in [0.15, 0.2) is 104 Å². The van der Waals surface area contributed by atoms with Crippen molar-refractivity contribution in [2.45, 2.75) is 21.6 Å². The van der Waals surface area contributed by atoms with Gasteiger partial charge in [0.1, 0.15) is 0 Å². The van der Waals surface area contributed by atoms with Crippen LogP contribution >= 0.6 is 43.6 Å².